The number of hydrogen-bond donors (Lipinski definition) is 0. The summed E-state index contributed by atoms with van der Waals surface area (Å²) in [7, 11) is -2.30. The van der Waals surface area contributed by atoms with Gasteiger partial charge < -0.3 is 9.64 Å². The maximum Gasteiger partial charge on any atom is 0.338 e. The molecule has 33 heavy (non-hydrogen) atoms. The van der Waals surface area contributed by atoms with Crippen molar-refractivity contribution in [3.8, 4) is 0 Å². The highest BCUT2D eigenvalue weighted by molar-refractivity contribution is 7.92. The lowest BCUT2D eigenvalue weighted by Crippen LogP contribution is -2.35. The van der Waals surface area contributed by atoms with Crippen molar-refractivity contribution in [3.63, 3.8) is 0 Å². The molecule has 0 fully saturated rings. The molecule has 3 aromatic carbocycles. The molecule has 0 saturated carbocycles. The highest BCUT2D eigenvalue weighted by Crippen LogP contribution is 2.36. The van der Waals surface area contributed by atoms with Crippen molar-refractivity contribution < 1.29 is 22.7 Å². The van der Waals surface area contributed by atoms with Crippen molar-refractivity contribution in [1.82, 2.24) is 0 Å². The maximum atomic E-state index is 13.4. The van der Waals surface area contributed by atoms with Crippen LogP contribution in [-0.4, -0.2) is 40.0 Å². The highest BCUT2D eigenvalue weighted by atomic mass is 32.2. The van der Waals surface area contributed by atoms with Gasteiger partial charge in [-0.1, -0.05) is 42.5 Å². The fourth-order valence-corrected chi connectivity index (χ4v) is 5.64. The third-order valence-corrected chi connectivity index (χ3v) is 7.54. The van der Waals surface area contributed by atoms with Crippen LogP contribution in [0.1, 0.15) is 22.8 Å². The lowest BCUT2D eigenvalue weighted by molar-refractivity contribution is -0.121. The van der Waals surface area contributed by atoms with Crippen molar-refractivity contribution in [2.24, 2.45) is 0 Å². The summed E-state index contributed by atoms with van der Waals surface area (Å²) in [5, 5.41) is 0. The molecular formula is C25H24N2O5S. The van der Waals surface area contributed by atoms with Crippen LogP contribution in [0.5, 0.6) is 0 Å². The van der Waals surface area contributed by atoms with Gasteiger partial charge in [0.1, 0.15) is 0 Å². The summed E-state index contributed by atoms with van der Waals surface area (Å²) < 4.78 is 33.4. The van der Waals surface area contributed by atoms with E-state index in [1.807, 2.05) is 25.1 Å². The van der Waals surface area contributed by atoms with Gasteiger partial charge in [0, 0.05) is 18.8 Å². The van der Waals surface area contributed by atoms with Crippen molar-refractivity contribution in [2.45, 2.75) is 24.3 Å². The summed E-state index contributed by atoms with van der Waals surface area (Å²) in [4.78, 5) is 26.3. The number of carbonyl (C=O) groups is 2. The van der Waals surface area contributed by atoms with Gasteiger partial charge in [0.15, 0.2) is 6.61 Å². The third kappa shape index (κ3) is 4.47. The lowest BCUT2D eigenvalue weighted by Gasteiger charge is -2.24. The molecule has 8 heteroatoms. The Labute approximate surface area is 193 Å². The molecule has 0 radical (unpaired) electrons. The molecular weight excluding hydrogens is 440 g/mol. The van der Waals surface area contributed by atoms with Crippen LogP contribution < -0.4 is 9.21 Å². The molecule has 170 valence electrons. The topological polar surface area (TPSA) is 84.0 Å². The summed E-state index contributed by atoms with van der Waals surface area (Å²) in [6, 6.07) is 21.8. The van der Waals surface area contributed by atoms with Gasteiger partial charge in [-0.2, -0.15) is 0 Å². The van der Waals surface area contributed by atoms with E-state index in [4.69, 9.17) is 4.74 Å². The van der Waals surface area contributed by atoms with Gasteiger partial charge >= 0.3 is 5.97 Å². The number of amides is 1. The van der Waals surface area contributed by atoms with Gasteiger partial charge in [0.25, 0.3) is 15.9 Å². The molecule has 1 amide bonds. The van der Waals surface area contributed by atoms with Crippen LogP contribution in [0.3, 0.4) is 0 Å². The van der Waals surface area contributed by atoms with Crippen LogP contribution in [0.25, 0.3) is 0 Å². The molecule has 1 atom stereocenters. The number of nitrogens with zero attached hydrogens (tertiary/aromatic N) is 2. The van der Waals surface area contributed by atoms with E-state index in [9.17, 15) is 18.0 Å². The Bertz CT molecular complexity index is 1290. The normalized spacial score (nSPS) is 15.1. The van der Waals surface area contributed by atoms with E-state index in [2.05, 4.69) is 0 Å². The van der Waals surface area contributed by atoms with Crippen molar-refractivity contribution >= 4 is 33.3 Å². The van der Waals surface area contributed by atoms with Crippen LogP contribution in [0.2, 0.25) is 0 Å². The van der Waals surface area contributed by atoms with Crippen molar-refractivity contribution in [2.75, 3.05) is 22.9 Å². The number of para-hydroxylation sites is 2. The number of esters is 1. The molecule has 0 N–H and O–H groups in total. The lowest BCUT2D eigenvalue weighted by atomic mass is 10.1. The molecule has 1 heterocycles. The molecule has 0 aliphatic carbocycles. The zero-order valence-electron chi connectivity index (χ0n) is 18.3. The zero-order valence-corrected chi connectivity index (χ0v) is 19.2. The van der Waals surface area contributed by atoms with E-state index in [-0.39, 0.29) is 16.5 Å². The van der Waals surface area contributed by atoms with Crippen LogP contribution in [0, 0.1) is 0 Å². The molecule has 1 aliphatic rings. The summed E-state index contributed by atoms with van der Waals surface area (Å²) >= 11 is 0. The Balaban J connectivity index is 1.50. The fraction of sp³-hybridized carbons (Fsp3) is 0.200. The molecule has 1 aliphatic heterocycles. The number of fused-ring (bicyclic) bond motifs is 1. The van der Waals surface area contributed by atoms with E-state index in [0.29, 0.717) is 17.8 Å². The van der Waals surface area contributed by atoms with Crippen molar-refractivity contribution in [3.05, 3.63) is 90.0 Å². The Morgan fingerprint density at radius 1 is 1.00 bits per heavy atom. The van der Waals surface area contributed by atoms with E-state index < -0.39 is 28.5 Å². The number of hydrogen-bond acceptors (Lipinski definition) is 5. The van der Waals surface area contributed by atoms with Crippen LogP contribution in [0.4, 0.5) is 11.4 Å². The van der Waals surface area contributed by atoms with E-state index in [1.54, 1.807) is 43.4 Å². The molecule has 0 saturated heterocycles. The predicted molar refractivity (Wildman–Crippen MR) is 126 cm³/mol. The van der Waals surface area contributed by atoms with Crippen molar-refractivity contribution in [1.29, 1.82) is 0 Å². The Morgan fingerprint density at radius 2 is 1.70 bits per heavy atom. The zero-order chi connectivity index (χ0) is 23.6. The number of carbonyl (C=O) groups excluding carboxylic acids is 2. The van der Waals surface area contributed by atoms with Gasteiger partial charge in [0.2, 0.25) is 0 Å². The van der Waals surface area contributed by atoms with Gasteiger partial charge in [-0.05, 0) is 55.3 Å². The summed E-state index contributed by atoms with van der Waals surface area (Å²) in [6.45, 7) is 1.39. The number of rotatable bonds is 6. The molecule has 0 unspecified atom stereocenters. The summed E-state index contributed by atoms with van der Waals surface area (Å²) in [5.41, 5.74) is 2.34. The molecule has 0 spiro atoms. The van der Waals surface area contributed by atoms with Crippen LogP contribution >= 0.6 is 0 Å². The minimum atomic E-state index is -3.89. The number of sulfonamides is 1. The monoisotopic (exact) mass is 464 g/mol. The Hall–Kier alpha value is -3.65. The van der Waals surface area contributed by atoms with Gasteiger partial charge in [-0.25, -0.2) is 13.2 Å². The minimum absolute atomic E-state index is 0.00627. The quantitative estimate of drug-likeness (QED) is 0.520. The largest absolute Gasteiger partial charge is 0.452 e. The fourth-order valence-electron chi connectivity index (χ4n) is 3.90. The molecule has 7 nitrogen and oxygen atoms in total. The first-order valence-electron chi connectivity index (χ1n) is 10.5. The standard InChI is InChI=1S/C25H24N2O5S/c1-18-15-19-9-6-7-14-23(19)27(18)33(30,31)22-13-8-10-20(16-22)25(29)32-17-24(28)26(2)21-11-4-3-5-12-21/h3-14,16,18H,15,17H2,1-2H3/t18-/m1/s1. The first-order valence-corrected chi connectivity index (χ1v) is 11.9. The second-order valence-corrected chi connectivity index (χ2v) is 9.69. The average molecular weight is 465 g/mol. The van der Waals surface area contributed by atoms with E-state index >= 15 is 0 Å². The smallest absolute Gasteiger partial charge is 0.338 e. The molecule has 3 aromatic rings. The molecule has 4 rings (SSSR count). The first-order chi connectivity index (χ1) is 15.8. The van der Waals surface area contributed by atoms with Crippen LogP contribution in [0.15, 0.2) is 83.8 Å². The minimum Gasteiger partial charge on any atom is -0.452 e. The second kappa shape index (κ2) is 9.07. The third-order valence-electron chi connectivity index (χ3n) is 5.62. The van der Waals surface area contributed by atoms with Gasteiger partial charge in [-0.15, -0.1) is 0 Å². The second-order valence-electron chi connectivity index (χ2n) is 7.87. The highest BCUT2D eigenvalue weighted by Gasteiger charge is 2.36. The number of anilines is 2. The summed E-state index contributed by atoms with van der Waals surface area (Å²) in [5.74, 6) is -1.17. The van der Waals surface area contributed by atoms with E-state index in [0.717, 1.165) is 5.56 Å². The summed E-state index contributed by atoms with van der Waals surface area (Å²) in [6.07, 6.45) is 0.619. The molecule has 0 bridgehead atoms. The molecule has 0 aromatic heterocycles. The first kappa shape index (κ1) is 22.5. The Morgan fingerprint density at radius 3 is 2.45 bits per heavy atom. The maximum absolute atomic E-state index is 13.4. The van der Waals surface area contributed by atoms with E-state index in [1.165, 1.54) is 33.5 Å². The van der Waals surface area contributed by atoms with Gasteiger partial charge in [-0.3, -0.25) is 9.10 Å². The average Bonchev–Trinajstić information content (AvgIpc) is 3.18. The number of benzene rings is 3. The SMILES string of the molecule is C[C@@H]1Cc2ccccc2N1S(=O)(=O)c1cccc(C(=O)OCC(=O)N(C)c2ccccc2)c1. The number of likely N-dealkylation sites (N-methyl/N-ethyl adjacent to an activating group) is 1. The number of ether oxygens (including phenoxy) is 1. The predicted octanol–water partition coefficient (Wildman–Crippen LogP) is 3.65. The Kier molecular flexibility index (Phi) is 6.20. The van der Waals surface area contributed by atoms with Gasteiger partial charge in [0.05, 0.1) is 16.1 Å². The van der Waals surface area contributed by atoms with Crippen LogP contribution in [-0.2, 0) is 26.0 Å².